The molecule has 41 heavy (non-hydrogen) atoms. The summed E-state index contributed by atoms with van der Waals surface area (Å²) in [6, 6.07) is 7.47. The van der Waals surface area contributed by atoms with Crippen molar-refractivity contribution in [1.29, 1.82) is 0 Å². The average Bonchev–Trinajstić information content (AvgIpc) is 2.92. The van der Waals surface area contributed by atoms with Crippen molar-refractivity contribution in [1.82, 2.24) is 10.3 Å². The van der Waals surface area contributed by atoms with Crippen LogP contribution >= 0.6 is 11.6 Å². The molecular weight excluding hydrogens is 589 g/mol. The van der Waals surface area contributed by atoms with Crippen molar-refractivity contribution in [3.63, 3.8) is 0 Å². The molecule has 0 aliphatic carbocycles. The monoisotopic (exact) mass is 614 g/mol. The molecule has 220 valence electrons. The van der Waals surface area contributed by atoms with Gasteiger partial charge in [0.1, 0.15) is 22.2 Å². The first-order valence-corrected chi connectivity index (χ1v) is 14.3. The molecule has 1 atom stereocenters. The van der Waals surface area contributed by atoms with E-state index in [0.717, 1.165) is 4.90 Å². The van der Waals surface area contributed by atoms with Gasteiger partial charge in [0.05, 0.1) is 24.4 Å². The summed E-state index contributed by atoms with van der Waals surface area (Å²) in [6.45, 7) is 4.70. The lowest BCUT2D eigenvalue weighted by Crippen LogP contribution is -2.51. The second-order valence-electron chi connectivity index (χ2n) is 10.4. The molecule has 0 spiro atoms. The second kappa shape index (κ2) is 11.3. The summed E-state index contributed by atoms with van der Waals surface area (Å²) in [7, 11) is -4.19. The van der Waals surface area contributed by atoms with Crippen molar-refractivity contribution in [2.45, 2.75) is 62.9 Å². The standard InChI is InChI=1S/C26H26ClF3N4O6S/c1-25(2,3)39-24(36)32-19-14-41(37,38)21-11-9-18(20-10-8-17(33-40-20)12-26(28,29)30)31-22(21)34(23(19)35)13-15-4-6-16(27)7-5-15/h4-7,9-11,19H,8,12-14H2,1-3H3,(H,32,36)/t19-/m0/s1. The van der Waals surface area contributed by atoms with E-state index in [2.05, 4.69) is 15.5 Å². The van der Waals surface area contributed by atoms with Crippen molar-refractivity contribution in [2.75, 3.05) is 10.7 Å². The number of amides is 2. The van der Waals surface area contributed by atoms with E-state index in [1.54, 1.807) is 45.0 Å². The van der Waals surface area contributed by atoms with Crippen LogP contribution in [-0.4, -0.2) is 54.7 Å². The molecule has 10 nitrogen and oxygen atoms in total. The van der Waals surface area contributed by atoms with Crippen LogP contribution in [0.4, 0.5) is 23.8 Å². The maximum atomic E-state index is 13.8. The SMILES string of the molecule is CC(C)(C)OC(=O)N[C@H]1CS(=O)(=O)c2ccc(C3=CCC(CC(F)(F)F)=NO3)nc2N(Cc2ccc(Cl)cc2)C1=O. The minimum atomic E-state index is -4.46. The number of anilines is 1. The average molecular weight is 615 g/mol. The molecular formula is C26H26ClF3N4O6S. The zero-order valence-corrected chi connectivity index (χ0v) is 23.7. The lowest BCUT2D eigenvalue weighted by molar-refractivity contribution is -0.122. The number of benzene rings is 1. The molecule has 0 bridgehead atoms. The number of allylic oxidation sites excluding steroid dienone is 1. The zero-order chi connectivity index (χ0) is 30.2. The molecule has 1 aromatic heterocycles. The van der Waals surface area contributed by atoms with E-state index in [1.165, 1.54) is 18.2 Å². The van der Waals surface area contributed by atoms with Crippen molar-refractivity contribution < 1.29 is 40.8 Å². The van der Waals surface area contributed by atoms with Gasteiger partial charge in [0, 0.05) is 11.4 Å². The van der Waals surface area contributed by atoms with Crippen LogP contribution < -0.4 is 10.2 Å². The fraction of sp³-hybridized carbons (Fsp3) is 0.385. The second-order valence-corrected chi connectivity index (χ2v) is 12.8. The number of nitrogens with one attached hydrogen (secondary N) is 1. The van der Waals surface area contributed by atoms with Gasteiger partial charge in [0.25, 0.3) is 5.91 Å². The highest BCUT2D eigenvalue weighted by Gasteiger charge is 2.41. The normalized spacial score (nSPS) is 18.9. The Hall–Kier alpha value is -3.65. The van der Waals surface area contributed by atoms with Crippen molar-refractivity contribution in [3.8, 4) is 0 Å². The number of carbonyl (C=O) groups is 2. The molecule has 1 N–H and O–H groups in total. The number of sulfone groups is 1. The number of carbonyl (C=O) groups excluding carboxylic acids is 2. The zero-order valence-electron chi connectivity index (χ0n) is 22.2. The fourth-order valence-corrected chi connectivity index (χ4v) is 5.73. The van der Waals surface area contributed by atoms with Crippen molar-refractivity contribution in [2.24, 2.45) is 5.16 Å². The number of alkyl halides is 3. The number of hydrogen-bond acceptors (Lipinski definition) is 8. The Bertz CT molecular complexity index is 1520. The Kier molecular flexibility index (Phi) is 8.37. The van der Waals surface area contributed by atoms with Crippen molar-refractivity contribution in [3.05, 3.63) is 58.8 Å². The van der Waals surface area contributed by atoms with Gasteiger partial charge >= 0.3 is 12.3 Å². The van der Waals surface area contributed by atoms with Crippen LogP contribution in [-0.2, 0) is 30.8 Å². The number of oxime groups is 1. The Morgan fingerprint density at radius 3 is 2.44 bits per heavy atom. The van der Waals surface area contributed by atoms with E-state index in [-0.39, 0.29) is 40.8 Å². The molecule has 0 saturated carbocycles. The molecule has 2 aliphatic rings. The van der Waals surface area contributed by atoms with Gasteiger partial charge in [-0.1, -0.05) is 28.9 Å². The summed E-state index contributed by atoms with van der Waals surface area (Å²) in [5, 5.41) is 6.33. The number of pyridine rings is 1. The van der Waals surface area contributed by atoms with Gasteiger partial charge in [0.2, 0.25) is 0 Å². The lowest BCUT2D eigenvalue weighted by atomic mass is 10.1. The number of alkyl carbamates (subject to hydrolysis) is 1. The number of hydrogen-bond donors (Lipinski definition) is 1. The number of halogens is 4. The van der Waals surface area contributed by atoms with Gasteiger partial charge in [-0.2, -0.15) is 13.2 Å². The van der Waals surface area contributed by atoms with Crippen LogP contribution in [0.1, 0.15) is 44.9 Å². The van der Waals surface area contributed by atoms with Crippen LogP contribution in [0.2, 0.25) is 5.02 Å². The maximum Gasteiger partial charge on any atom is 0.408 e. The van der Waals surface area contributed by atoms with Crippen LogP contribution in [0.25, 0.3) is 5.76 Å². The predicted octanol–water partition coefficient (Wildman–Crippen LogP) is 5.02. The summed E-state index contributed by atoms with van der Waals surface area (Å²) < 4.78 is 70.2. The Balaban J connectivity index is 1.73. The number of rotatable bonds is 5. The summed E-state index contributed by atoms with van der Waals surface area (Å²) in [6.07, 6.45) is -5.52. The minimum absolute atomic E-state index is 0.0114. The number of ether oxygens (including phenoxy) is 1. The Morgan fingerprint density at radius 1 is 1.17 bits per heavy atom. The van der Waals surface area contributed by atoms with Crippen LogP contribution in [0.15, 0.2) is 52.5 Å². The van der Waals surface area contributed by atoms with E-state index < -0.39 is 51.8 Å². The molecule has 2 aliphatic heterocycles. The summed E-state index contributed by atoms with van der Waals surface area (Å²) in [5.41, 5.74) is -0.531. The first-order chi connectivity index (χ1) is 19.0. The molecule has 0 unspecified atom stereocenters. The summed E-state index contributed by atoms with van der Waals surface area (Å²) in [4.78, 5) is 36.7. The minimum Gasteiger partial charge on any atom is -0.444 e. The van der Waals surface area contributed by atoms with Crippen LogP contribution in [0.5, 0.6) is 0 Å². The third-order valence-corrected chi connectivity index (χ3v) is 7.79. The van der Waals surface area contributed by atoms with Gasteiger partial charge in [-0.15, -0.1) is 0 Å². The van der Waals surface area contributed by atoms with E-state index >= 15 is 0 Å². The summed E-state index contributed by atoms with van der Waals surface area (Å²) in [5.74, 6) is -1.80. The third-order valence-electron chi connectivity index (χ3n) is 5.78. The highest BCUT2D eigenvalue weighted by atomic mass is 35.5. The highest BCUT2D eigenvalue weighted by molar-refractivity contribution is 7.91. The predicted molar refractivity (Wildman–Crippen MR) is 144 cm³/mol. The quantitative estimate of drug-likeness (QED) is 0.501. The molecule has 15 heteroatoms. The molecule has 2 amide bonds. The van der Waals surface area contributed by atoms with E-state index in [9.17, 15) is 31.2 Å². The van der Waals surface area contributed by atoms with Crippen molar-refractivity contribution >= 4 is 50.7 Å². The molecule has 3 heterocycles. The van der Waals surface area contributed by atoms with Gasteiger partial charge in [-0.25, -0.2) is 18.2 Å². The molecule has 0 saturated heterocycles. The van der Waals surface area contributed by atoms with Gasteiger partial charge in [-0.05, 0) is 56.7 Å². The Labute approximate surface area is 239 Å². The van der Waals surface area contributed by atoms with Gasteiger partial charge < -0.3 is 14.9 Å². The molecule has 2 aromatic rings. The number of nitrogens with zero attached hydrogens (tertiary/aromatic N) is 3. The van der Waals surface area contributed by atoms with Gasteiger partial charge in [-0.3, -0.25) is 9.69 Å². The lowest BCUT2D eigenvalue weighted by Gasteiger charge is -2.26. The van der Waals surface area contributed by atoms with E-state index in [0.29, 0.717) is 10.6 Å². The first kappa shape index (κ1) is 30.3. The smallest absolute Gasteiger partial charge is 0.408 e. The van der Waals surface area contributed by atoms with E-state index in [4.69, 9.17) is 21.2 Å². The number of aromatic nitrogens is 1. The fourth-order valence-electron chi connectivity index (χ4n) is 4.05. The van der Waals surface area contributed by atoms with Gasteiger partial charge in [0.15, 0.2) is 21.4 Å². The van der Waals surface area contributed by atoms with E-state index in [1.807, 2.05) is 0 Å². The first-order valence-electron chi connectivity index (χ1n) is 12.3. The number of fused-ring (bicyclic) bond motifs is 1. The molecule has 4 rings (SSSR count). The summed E-state index contributed by atoms with van der Waals surface area (Å²) >= 11 is 5.99. The van der Waals surface area contributed by atoms with Crippen LogP contribution in [0, 0.1) is 0 Å². The molecule has 1 aromatic carbocycles. The maximum absolute atomic E-state index is 13.8. The van der Waals surface area contributed by atoms with Crippen LogP contribution in [0.3, 0.4) is 0 Å². The topological polar surface area (TPSA) is 127 Å². The molecule has 0 radical (unpaired) electrons. The molecule has 0 fully saturated rings. The third kappa shape index (κ3) is 7.76. The highest BCUT2D eigenvalue weighted by Crippen LogP contribution is 2.33. The largest absolute Gasteiger partial charge is 0.444 e. The Morgan fingerprint density at radius 2 is 1.85 bits per heavy atom.